The first-order chi connectivity index (χ1) is 16.9. The van der Waals surface area contributed by atoms with Crippen LogP contribution in [0, 0.1) is 12.3 Å². The molecular formula is C28H31ClN4O3. The zero-order valence-corrected chi connectivity index (χ0v) is 21.1. The highest BCUT2D eigenvalue weighted by Crippen LogP contribution is 2.22. The second kappa shape index (κ2) is 12.2. The van der Waals surface area contributed by atoms with Gasteiger partial charge >= 0.3 is 0 Å². The summed E-state index contributed by atoms with van der Waals surface area (Å²) in [6.45, 7) is 4.01. The van der Waals surface area contributed by atoms with Crippen molar-refractivity contribution in [3.8, 4) is 5.75 Å². The number of carbonyl (C=O) groups is 2. The van der Waals surface area contributed by atoms with Gasteiger partial charge in [0.25, 0.3) is 11.8 Å². The number of ether oxygens (including phenoxy) is 1. The molecule has 3 aromatic rings. The summed E-state index contributed by atoms with van der Waals surface area (Å²) in [5.41, 5.74) is 9.87. The molecule has 2 amide bonds. The second-order valence-corrected chi connectivity index (χ2v) is 8.72. The fraction of sp³-hybridized carbons (Fsp3) is 0.250. The van der Waals surface area contributed by atoms with E-state index in [1.165, 1.54) is 0 Å². The Morgan fingerprint density at radius 1 is 1.00 bits per heavy atom. The number of likely N-dealkylation sites (tertiary alicyclic amines) is 1. The van der Waals surface area contributed by atoms with Crippen LogP contribution < -0.4 is 15.8 Å². The van der Waals surface area contributed by atoms with Gasteiger partial charge in [0.05, 0.1) is 0 Å². The molecule has 4 rings (SSSR count). The highest BCUT2D eigenvalue weighted by atomic mass is 35.5. The Morgan fingerprint density at radius 3 is 2.36 bits per heavy atom. The summed E-state index contributed by atoms with van der Waals surface area (Å²) < 4.78 is 6.00. The fourth-order valence-corrected chi connectivity index (χ4v) is 4.17. The number of carbonyl (C=O) groups excluding carboxylic acids is 2. The summed E-state index contributed by atoms with van der Waals surface area (Å²) in [6.07, 6.45) is 2.07. The topological polar surface area (TPSA) is 109 Å². The molecule has 188 valence electrons. The molecule has 3 aromatic carbocycles. The van der Waals surface area contributed by atoms with Crippen LogP contribution in [0.4, 0.5) is 0 Å². The maximum Gasteiger partial charge on any atom is 0.254 e. The number of amidine groups is 1. The molecule has 4 N–H and O–H groups in total. The molecule has 0 bridgehead atoms. The van der Waals surface area contributed by atoms with Crippen LogP contribution in [0.5, 0.6) is 5.75 Å². The first kappa shape index (κ1) is 26.8. The second-order valence-electron chi connectivity index (χ2n) is 8.72. The zero-order valence-electron chi connectivity index (χ0n) is 20.3. The van der Waals surface area contributed by atoms with Gasteiger partial charge in [-0.1, -0.05) is 30.3 Å². The normalized spacial score (nSPS) is 12.5. The zero-order chi connectivity index (χ0) is 24.8. The number of nitrogens with two attached hydrogens (primary N) is 1. The van der Waals surface area contributed by atoms with Gasteiger partial charge in [0.2, 0.25) is 0 Å². The van der Waals surface area contributed by atoms with Crippen molar-refractivity contribution in [2.75, 3.05) is 13.1 Å². The van der Waals surface area contributed by atoms with Crippen LogP contribution in [0.2, 0.25) is 0 Å². The van der Waals surface area contributed by atoms with Gasteiger partial charge in [-0.25, -0.2) is 0 Å². The minimum atomic E-state index is -0.254. The summed E-state index contributed by atoms with van der Waals surface area (Å²) in [5, 5.41) is 10.7. The van der Waals surface area contributed by atoms with Crippen molar-refractivity contribution in [3.63, 3.8) is 0 Å². The van der Waals surface area contributed by atoms with Crippen molar-refractivity contribution in [2.24, 2.45) is 5.73 Å². The molecule has 1 aliphatic rings. The Hall–Kier alpha value is -3.84. The molecule has 36 heavy (non-hydrogen) atoms. The summed E-state index contributed by atoms with van der Waals surface area (Å²) >= 11 is 0. The van der Waals surface area contributed by atoms with Crippen molar-refractivity contribution in [1.82, 2.24) is 10.2 Å². The lowest BCUT2D eigenvalue weighted by atomic mass is 10.0. The quantitative estimate of drug-likeness (QED) is 0.310. The Balaban J connectivity index is 0.00000361. The van der Waals surface area contributed by atoms with E-state index in [1.54, 1.807) is 36.4 Å². The average Bonchev–Trinajstić information content (AvgIpc) is 3.41. The van der Waals surface area contributed by atoms with Gasteiger partial charge in [-0.2, -0.15) is 0 Å². The highest BCUT2D eigenvalue weighted by Gasteiger charge is 2.21. The summed E-state index contributed by atoms with van der Waals surface area (Å²) in [5.74, 6) is 0.326. The van der Waals surface area contributed by atoms with Gasteiger partial charge in [-0.15, -0.1) is 12.4 Å². The lowest BCUT2D eigenvalue weighted by Gasteiger charge is -2.17. The highest BCUT2D eigenvalue weighted by molar-refractivity contribution is 5.99. The van der Waals surface area contributed by atoms with E-state index in [9.17, 15) is 9.59 Å². The number of rotatable bonds is 8. The van der Waals surface area contributed by atoms with Crippen molar-refractivity contribution in [1.29, 1.82) is 5.41 Å². The Bertz CT molecular complexity index is 1240. The summed E-state index contributed by atoms with van der Waals surface area (Å²) in [4.78, 5) is 27.5. The van der Waals surface area contributed by atoms with Gasteiger partial charge in [0.15, 0.2) is 0 Å². The van der Waals surface area contributed by atoms with Crippen LogP contribution in [0.3, 0.4) is 0 Å². The van der Waals surface area contributed by atoms with Crippen LogP contribution in [-0.2, 0) is 13.2 Å². The number of amides is 2. The lowest BCUT2D eigenvalue weighted by Crippen LogP contribution is -2.28. The smallest absolute Gasteiger partial charge is 0.254 e. The molecule has 0 saturated carbocycles. The number of nitrogen functional groups attached to an aromatic ring is 1. The monoisotopic (exact) mass is 506 g/mol. The number of halogens is 1. The minimum absolute atomic E-state index is 0. The Kier molecular flexibility index (Phi) is 9.08. The predicted octanol–water partition coefficient (Wildman–Crippen LogP) is 4.45. The number of nitrogens with one attached hydrogen (secondary N) is 2. The number of benzene rings is 3. The van der Waals surface area contributed by atoms with Crippen LogP contribution in [0.15, 0.2) is 66.7 Å². The van der Waals surface area contributed by atoms with E-state index in [0.29, 0.717) is 29.0 Å². The SMILES string of the molecule is Cc1cc(C(=O)NCc2cc(C(=N)N)ccc2OCc2ccccc2)ccc1C(=O)N1CCCC1.Cl. The Labute approximate surface area is 217 Å². The van der Waals surface area contributed by atoms with Gasteiger partial charge in [-0.3, -0.25) is 15.0 Å². The molecule has 1 aliphatic heterocycles. The van der Waals surface area contributed by atoms with Crippen molar-refractivity contribution in [3.05, 3.63) is 100 Å². The third kappa shape index (κ3) is 6.43. The lowest BCUT2D eigenvalue weighted by molar-refractivity contribution is 0.0791. The first-order valence-corrected chi connectivity index (χ1v) is 11.7. The number of hydrogen-bond acceptors (Lipinski definition) is 4. The van der Waals surface area contributed by atoms with Gasteiger partial charge in [0, 0.05) is 41.9 Å². The molecule has 8 heteroatoms. The first-order valence-electron chi connectivity index (χ1n) is 11.7. The van der Waals surface area contributed by atoms with E-state index in [2.05, 4.69) is 5.32 Å². The Morgan fingerprint density at radius 2 is 1.69 bits per heavy atom. The third-order valence-corrected chi connectivity index (χ3v) is 6.16. The molecule has 0 radical (unpaired) electrons. The fourth-order valence-electron chi connectivity index (χ4n) is 4.17. The van der Waals surface area contributed by atoms with Crippen molar-refractivity contribution < 1.29 is 14.3 Å². The van der Waals surface area contributed by atoms with E-state index in [0.717, 1.165) is 42.6 Å². The predicted molar refractivity (Wildman–Crippen MR) is 143 cm³/mol. The van der Waals surface area contributed by atoms with Crippen molar-refractivity contribution >= 4 is 30.1 Å². The number of nitrogens with zero attached hydrogens (tertiary/aromatic N) is 1. The van der Waals surface area contributed by atoms with E-state index in [1.807, 2.05) is 42.2 Å². The van der Waals surface area contributed by atoms with E-state index in [4.69, 9.17) is 15.9 Å². The maximum atomic E-state index is 12.9. The molecular weight excluding hydrogens is 476 g/mol. The van der Waals surface area contributed by atoms with Gasteiger partial charge in [0.1, 0.15) is 18.2 Å². The van der Waals surface area contributed by atoms with Crippen LogP contribution in [0.25, 0.3) is 0 Å². The minimum Gasteiger partial charge on any atom is -0.489 e. The van der Waals surface area contributed by atoms with E-state index in [-0.39, 0.29) is 36.6 Å². The largest absolute Gasteiger partial charge is 0.489 e. The third-order valence-electron chi connectivity index (χ3n) is 6.16. The van der Waals surface area contributed by atoms with Crippen LogP contribution in [0.1, 0.15) is 55.8 Å². The molecule has 7 nitrogen and oxygen atoms in total. The molecule has 0 spiro atoms. The standard InChI is InChI=1S/C28H30N4O3.ClH/c1-19-15-22(9-11-24(19)28(34)32-13-5-6-14-32)27(33)31-17-23-16-21(26(29)30)10-12-25(23)35-18-20-7-3-2-4-8-20;/h2-4,7-12,15-16H,5-6,13-14,17-18H2,1H3,(H3,29,30)(H,31,33);1H. The van der Waals surface area contributed by atoms with Crippen LogP contribution >= 0.6 is 12.4 Å². The van der Waals surface area contributed by atoms with Crippen molar-refractivity contribution in [2.45, 2.75) is 32.9 Å². The molecule has 1 saturated heterocycles. The summed E-state index contributed by atoms with van der Waals surface area (Å²) in [7, 11) is 0. The molecule has 1 fully saturated rings. The molecule has 1 heterocycles. The van der Waals surface area contributed by atoms with Crippen LogP contribution in [-0.4, -0.2) is 35.6 Å². The maximum absolute atomic E-state index is 12.9. The molecule has 0 aromatic heterocycles. The number of hydrogen-bond donors (Lipinski definition) is 3. The summed E-state index contributed by atoms with van der Waals surface area (Å²) in [6, 6.07) is 20.2. The van der Waals surface area contributed by atoms with E-state index < -0.39 is 0 Å². The molecule has 0 aliphatic carbocycles. The van der Waals surface area contributed by atoms with Gasteiger partial charge in [-0.05, 0) is 67.3 Å². The van der Waals surface area contributed by atoms with E-state index >= 15 is 0 Å². The molecule has 0 unspecified atom stereocenters. The average molecular weight is 507 g/mol. The molecule has 0 atom stereocenters. The van der Waals surface area contributed by atoms with Gasteiger partial charge < -0.3 is 20.7 Å². The number of aryl methyl sites for hydroxylation is 1.